The monoisotopic (exact) mass is 331 g/mol. The molecule has 0 unspecified atom stereocenters. The lowest BCUT2D eigenvalue weighted by molar-refractivity contribution is 0.196. The Labute approximate surface area is 130 Å². The summed E-state index contributed by atoms with van der Waals surface area (Å²) in [5, 5.41) is 0. The lowest BCUT2D eigenvalue weighted by Crippen LogP contribution is -2.25. The van der Waals surface area contributed by atoms with Crippen LogP contribution in [0.3, 0.4) is 0 Å². The van der Waals surface area contributed by atoms with E-state index in [1.807, 2.05) is 0 Å². The van der Waals surface area contributed by atoms with Gasteiger partial charge in [-0.2, -0.15) is 0 Å². The molecule has 1 aliphatic rings. The summed E-state index contributed by atoms with van der Waals surface area (Å²) in [5.74, 6) is -0.531. The Morgan fingerprint density at radius 1 is 1.32 bits per heavy atom. The predicted molar refractivity (Wildman–Crippen MR) is 81.0 cm³/mol. The molecule has 2 rings (SSSR count). The van der Waals surface area contributed by atoms with Crippen LogP contribution in [0.1, 0.15) is 32.1 Å². The molecule has 1 N–H and O–H groups in total. The van der Waals surface area contributed by atoms with E-state index in [1.54, 1.807) is 7.11 Å². The molecule has 1 aromatic rings. The molecule has 0 heterocycles. The zero-order valence-electron chi connectivity index (χ0n) is 12.7. The minimum absolute atomic E-state index is 0.0316. The highest BCUT2D eigenvalue weighted by Crippen LogP contribution is 2.27. The second-order valence-corrected chi connectivity index (χ2v) is 7.13. The van der Waals surface area contributed by atoms with Crippen LogP contribution in [0.5, 0.6) is 5.75 Å². The van der Waals surface area contributed by atoms with Crippen LogP contribution in [0.2, 0.25) is 0 Å². The van der Waals surface area contributed by atoms with Crippen molar-refractivity contribution in [3.8, 4) is 5.75 Å². The highest BCUT2D eigenvalue weighted by Gasteiger charge is 2.20. The van der Waals surface area contributed by atoms with Crippen molar-refractivity contribution < 1.29 is 22.3 Å². The number of ether oxygens (including phenoxy) is 2. The van der Waals surface area contributed by atoms with E-state index in [1.165, 1.54) is 12.1 Å². The molecule has 0 aliphatic heterocycles. The Balaban J connectivity index is 2.00. The van der Waals surface area contributed by atoms with E-state index < -0.39 is 15.8 Å². The Morgan fingerprint density at radius 2 is 2.05 bits per heavy atom. The second-order valence-electron chi connectivity index (χ2n) is 5.36. The van der Waals surface area contributed by atoms with Crippen molar-refractivity contribution in [3.63, 3.8) is 0 Å². The Bertz CT molecular complexity index is 585. The van der Waals surface area contributed by atoms with Gasteiger partial charge in [0.15, 0.2) is 11.6 Å². The molecule has 0 aromatic heterocycles. The van der Waals surface area contributed by atoms with Crippen molar-refractivity contribution in [1.29, 1.82) is 0 Å². The first-order valence-electron chi connectivity index (χ1n) is 7.48. The lowest BCUT2D eigenvalue weighted by atomic mass is 10.3. The van der Waals surface area contributed by atoms with E-state index in [-0.39, 0.29) is 23.3 Å². The topological polar surface area (TPSA) is 64.6 Å². The van der Waals surface area contributed by atoms with Crippen LogP contribution in [0.4, 0.5) is 4.39 Å². The number of hydrogen-bond acceptors (Lipinski definition) is 4. The van der Waals surface area contributed by atoms with Crippen LogP contribution in [0.25, 0.3) is 0 Å². The molecular weight excluding hydrogens is 309 g/mol. The van der Waals surface area contributed by atoms with Gasteiger partial charge in [-0.05, 0) is 50.3 Å². The fourth-order valence-corrected chi connectivity index (χ4v) is 3.52. The molecule has 124 valence electrons. The summed E-state index contributed by atoms with van der Waals surface area (Å²) in [7, 11) is -2.16. The number of sulfonamides is 1. The van der Waals surface area contributed by atoms with Crippen molar-refractivity contribution >= 4 is 10.0 Å². The molecule has 1 saturated carbocycles. The second kappa shape index (κ2) is 7.89. The first-order chi connectivity index (χ1) is 10.5. The predicted octanol–water partition coefficient (Wildman–Crippen LogP) is 2.46. The minimum Gasteiger partial charge on any atom is -0.487 e. The van der Waals surface area contributed by atoms with E-state index >= 15 is 0 Å². The van der Waals surface area contributed by atoms with Gasteiger partial charge in [-0.25, -0.2) is 17.5 Å². The summed E-state index contributed by atoms with van der Waals surface area (Å²) >= 11 is 0. The van der Waals surface area contributed by atoms with Crippen LogP contribution >= 0.6 is 0 Å². The number of rotatable bonds is 8. The van der Waals surface area contributed by atoms with E-state index in [0.29, 0.717) is 13.0 Å². The van der Waals surface area contributed by atoms with Gasteiger partial charge >= 0.3 is 0 Å². The quantitative estimate of drug-likeness (QED) is 0.743. The van der Waals surface area contributed by atoms with Crippen molar-refractivity contribution in [2.75, 3.05) is 20.3 Å². The SMILES string of the molecule is COCCCNS(=O)(=O)c1ccc(OC2CCCC2)c(F)c1. The van der Waals surface area contributed by atoms with Crippen molar-refractivity contribution in [2.45, 2.75) is 43.1 Å². The first kappa shape index (κ1) is 17.2. The molecular formula is C15H22FNO4S. The number of hydrogen-bond donors (Lipinski definition) is 1. The largest absolute Gasteiger partial charge is 0.487 e. The molecule has 1 fully saturated rings. The summed E-state index contributed by atoms with van der Waals surface area (Å²) in [4.78, 5) is -0.0961. The first-order valence-corrected chi connectivity index (χ1v) is 8.96. The van der Waals surface area contributed by atoms with Gasteiger partial charge in [0.05, 0.1) is 11.0 Å². The van der Waals surface area contributed by atoms with E-state index in [9.17, 15) is 12.8 Å². The lowest BCUT2D eigenvalue weighted by Gasteiger charge is -2.14. The average molecular weight is 331 g/mol. The summed E-state index contributed by atoms with van der Waals surface area (Å²) < 4.78 is 51.0. The summed E-state index contributed by atoms with van der Waals surface area (Å²) in [6.45, 7) is 0.711. The van der Waals surface area contributed by atoms with E-state index in [2.05, 4.69) is 4.72 Å². The molecule has 1 aliphatic carbocycles. The molecule has 0 amide bonds. The van der Waals surface area contributed by atoms with Crippen molar-refractivity contribution in [2.24, 2.45) is 0 Å². The Morgan fingerprint density at radius 3 is 2.68 bits per heavy atom. The maximum Gasteiger partial charge on any atom is 0.240 e. The van der Waals surface area contributed by atoms with Crippen LogP contribution < -0.4 is 9.46 Å². The maximum absolute atomic E-state index is 14.0. The van der Waals surface area contributed by atoms with E-state index in [0.717, 1.165) is 31.7 Å². The van der Waals surface area contributed by atoms with Gasteiger partial charge in [0.25, 0.3) is 0 Å². The Kier molecular flexibility index (Phi) is 6.16. The van der Waals surface area contributed by atoms with Crippen LogP contribution in [0.15, 0.2) is 23.1 Å². The molecule has 0 saturated heterocycles. The third-order valence-corrected chi connectivity index (χ3v) is 5.09. The van der Waals surface area contributed by atoms with Gasteiger partial charge in [0.2, 0.25) is 10.0 Å². The van der Waals surface area contributed by atoms with Crippen molar-refractivity contribution in [1.82, 2.24) is 4.72 Å². The van der Waals surface area contributed by atoms with Gasteiger partial charge < -0.3 is 9.47 Å². The summed E-state index contributed by atoms with van der Waals surface area (Å²) in [6.07, 6.45) is 4.60. The van der Waals surface area contributed by atoms with Crippen LogP contribution in [-0.4, -0.2) is 34.8 Å². The highest BCUT2D eigenvalue weighted by atomic mass is 32.2. The minimum atomic E-state index is -3.71. The molecule has 7 heteroatoms. The number of methoxy groups -OCH3 is 1. The smallest absolute Gasteiger partial charge is 0.240 e. The van der Waals surface area contributed by atoms with Gasteiger partial charge in [-0.3, -0.25) is 0 Å². The molecule has 0 bridgehead atoms. The molecule has 22 heavy (non-hydrogen) atoms. The fourth-order valence-electron chi connectivity index (χ4n) is 2.44. The standard InChI is InChI=1S/C15H22FNO4S/c1-20-10-4-9-17-22(18,19)13-7-8-15(14(16)11-13)21-12-5-2-3-6-12/h7-8,11-12,17H,2-6,9-10H2,1H3. The zero-order valence-corrected chi connectivity index (χ0v) is 13.5. The zero-order chi connectivity index (χ0) is 16.0. The fraction of sp³-hybridized carbons (Fsp3) is 0.600. The highest BCUT2D eigenvalue weighted by molar-refractivity contribution is 7.89. The van der Waals surface area contributed by atoms with Crippen LogP contribution in [0, 0.1) is 5.82 Å². The maximum atomic E-state index is 14.0. The third-order valence-electron chi connectivity index (χ3n) is 3.63. The van der Waals surface area contributed by atoms with Crippen LogP contribution in [-0.2, 0) is 14.8 Å². The number of halogens is 1. The molecule has 0 radical (unpaired) electrons. The number of nitrogens with one attached hydrogen (secondary N) is 1. The third kappa shape index (κ3) is 4.66. The van der Waals surface area contributed by atoms with Gasteiger partial charge in [-0.1, -0.05) is 0 Å². The average Bonchev–Trinajstić information content (AvgIpc) is 2.99. The summed E-state index contributed by atoms with van der Waals surface area (Å²) in [6, 6.07) is 3.76. The normalized spacial score (nSPS) is 16.1. The van der Waals surface area contributed by atoms with Gasteiger partial charge in [0.1, 0.15) is 0 Å². The van der Waals surface area contributed by atoms with Gasteiger partial charge in [0, 0.05) is 20.3 Å². The molecule has 0 atom stereocenters. The molecule has 1 aromatic carbocycles. The van der Waals surface area contributed by atoms with E-state index in [4.69, 9.17) is 9.47 Å². The van der Waals surface area contributed by atoms with Crippen molar-refractivity contribution in [3.05, 3.63) is 24.0 Å². The number of benzene rings is 1. The van der Waals surface area contributed by atoms with Gasteiger partial charge in [-0.15, -0.1) is 0 Å². The molecule has 5 nitrogen and oxygen atoms in total. The Hall–Kier alpha value is -1.18. The summed E-state index contributed by atoms with van der Waals surface area (Å²) in [5.41, 5.74) is 0. The molecule has 0 spiro atoms.